The Morgan fingerprint density at radius 2 is 1.95 bits per heavy atom. The average Bonchev–Trinajstić information content (AvgIpc) is 2.29. The van der Waals surface area contributed by atoms with Crippen molar-refractivity contribution in [2.45, 2.75) is 45.3 Å². The lowest BCUT2D eigenvalue weighted by Gasteiger charge is -2.22. The van der Waals surface area contributed by atoms with E-state index < -0.39 is 28.7 Å². The zero-order chi connectivity index (χ0) is 15.8. The highest BCUT2D eigenvalue weighted by molar-refractivity contribution is 5.77. The van der Waals surface area contributed by atoms with Gasteiger partial charge in [-0.25, -0.2) is 0 Å². The van der Waals surface area contributed by atoms with Crippen molar-refractivity contribution in [3.8, 4) is 0 Å². The number of ether oxygens (including phenoxy) is 2. The van der Waals surface area contributed by atoms with Crippen LogP contribution in [0.2, 0.25) is 0 Å². The summed E-state index contributed by atoms with van der Waals surface area (Å²) in [6.45, 7) is 4.58. The SMILES string of the molecule is CC(C)(C)OC(=O)C(N)COC(=O)CCCO[N+](=O)[O-]. The quantitative estimate of drug-likeness (QED) is 0.290. The highest BCUT2D eigenvalue weighted by Crippen LogP contribution is 2.08. The van der Waals surface area contributed by atoms with Crippen molar-refractivity contribution in [1.29, 1.82) is 0 Å². The molecule has 0 spiro atoms. The first-order valence-corrected chi connectivity index (χ1v) is 6.03. The molecule has 0 aromatic rings. The Morgan fingerprint density at radius 1 is 1.35 bits per heavy atom. The average molecular weight is 292 g/mol. The molecule has 0 aliphatic rings. The molecule has 0 amide bonds. The Bertz CT molecular complexity index is 351. The zero-order valence-electron chi connectivity index (χ0n) is 11.8. The predicted octanol–water partition coefficient (Wildman–Crippen LogP) is 0.187. The fourth-order valence-electron chi connectivity index (χ4n) is 1.06. The molecule has 0 aliphatic carbocycles. The topological polar surface area (TPSA) is 131 Å². The maximum absolute atomic E-state index is 11.5. The van der Waals surface area contributed by atoms with Gasteiger partial charge in [-0.2, -0.15) is 0 Å². The summed E-state index contributed by atoms with van der Waals surface area (Å²) in [4.78, 5) is 36.6. The van der Waals surface area contributed by atoms with Gasteiger partial charge in [-0.15, -0.1) is 10.1 Å². The summed E-state index contributed by atoms with van der Waals surface area (Å²) < 4.78 is 9.76. The molecule has 2 N–H and O–H groups in total. The number of esters is 2. The Labute approximate surface area is 116 Å². The van der Waals surface area contributed by atoms with Gasteiger partial charge in [-0.1, -0.05) is 0 Å². The van der Waals surface area contributed by atoms with Gasteiger partial charge < -0.3 is 20.0 Å². The standard InChI is InChI=1S/C11H20N2O7/c1-11(2,3)20-10(15)8(12)7-18-9(14)5-4-6-19-13(16)17/h8H,4-7,12H2,1-3H3. The molecule has 0 saturated heterocycles. The first-order chi connectivity index (χ1) is 9.11. The summed E-state index contributed by atoms with van der Waals surface area (Å²) in [5.74, 6) is -1.28. The van der Waals surface area contributed by atoms with Crippen molar-refractivity contribution in [2.75, 3.05) is 13.2 Å². The summed E-state index contributed by atoms with van der Waals surface area (Å²) in [5, 5.41) is 8.91. The number of hydrogen-bond acceptors (Lipinski definition) is 8. The molecule has 1 atom stereocenters. The monoisotopic (exact) mass is 292 g/mol. The minimum Gasteiger partial charge on any atom is -0.463 e. The molecule has 0 aromatic heterocycles. The third-order valence-electron chi connectivity index (χ3n) is 1.86. The van der Waals surface area contributed by atoms with Gasteiger partial charge in [0.2, 0.25) is 0 Å². The van der Waals surface area contributed by atoms with Crippen molar-refractivity contribution in [3.05, 3.63) is 10.1 Å². The number of nitrogens with two attached hydrogens (primary N) is 1. The highest BCUT2D eigenvalue weighted by atomic mass is 16.9. The van der Waals surface area contributed by atoms with Gasteiger partial charge in [0.1, 0.15) is 18.2 Å². The molecule has 9 nitrogen and oxygen atoms in total. The van der Waals surface area contributed by atoms with E-state index in [1.807, 2.05) is 0 Å². The fourth-order valence-corrected chi connectivity index (χ4v) is 1.06. The minimum absolute atomic E-state index is 0.0606. The molecule has 0 fully saturated rings. The van der Waals surface area contributed by atoms with E-state index in [1.54, 1.807) is 20.8 Å². The van der Waals surface area contributed by atoms with Crippen molar-refractivity contribution in [1.82, 2.24) is 0 Å². The van der Waals surface area contributed by atoms with Crippen LogP contribution in [0.15, 0.2) is 0 Å². The van der Waals surface area contributed by atoms with E-state index in [9.17, 15) is 19.7 Å². The van der Waals surface area contributed by atoms with E-state index in [4.69, 9.17) is 15.2 Å². The first-order valence-electron chi connectivity index (χ1n) is 6.03. The van der Waals surface area contributed by atoms with E-state index in [-0.39, 0.29) is 26.1 Å². The number of carbonyl (C=O) groups excluding carboxylic acids is 2. The molecule has 9 heteroatoms. The van der Waals surface area contributed by atoms with Crippen LogP contribution in [-0.4, -0.2) is 41.9 Å². The first kappa shape index (κ1) is 18.1. The zero-order valence-corrected chi connectivity index (χ0v) is 11.8. The maximum atomic E-state index is 11.5. The van der Waals surface area contributed by atoms with Gasteiger partial charge in [-0.3, -0.25) is 9.59 Å². The molecule has 0 saturated carbocycles. The van der Waals surface area contributed by atoms with Crippen molar-refractivity contribution in [2.24, 2.45) is 5.73 Å². The van der Waals surface area contributed by atoms with Crippen LogP contribution in [0.3, 0.4) is 0 Å². The summed E-state index contributed by atoms with van der Waals surface area (Å²) in [6.07, 6.45) is 0.0797. The number of hydrogen-bond donors (Lipinski definition) is 1. The summed E-state index contributed by atoms with van der Waals surface area (Å²) >= 11 is 0. The van der Waals surface area contributed by atoms with E-state index in [0.717, 1.165) is 0 Å². The molecule has 0 rings (SSSR count). The molecule has 20 heavy (non-hydrogen) atoms. The van der Waals surface area contributed by atoms with E-state index in [0.29, 0.717) is 0 Å². The Kier molecular flexibility index (Phi) is 7.52. The number of nitrogens with zero attached hydrogens (tertiary/aromatic N) is 1. The summed E-state index contributed by atoms with van der Waals surface area (Å²) in [5.41, 5.74) is 4.83. The molecule has 0 bridgehead atoms. The largest absolute Gasteiger partial charge is 0.463 e. The van der Waals surface area contributed by atoms with Gasteiger partial charge in [0, 0.05) is 6.42 Å². The summed E-state index contributed by atoms with van der Waals surface area (Å²) in [6, 6.07) is -1.06. The van der Waals surface area contributed by atoms with Gasteiger partial charge in [-0.05, 0) is 27.2 Å². The van der Waals surface area contributed by atoms with Gasteiger partial charge in [0.25, 0.3) is 5.09 Å². The summed E-state index contributed by atoms with van der Waals surface area (Å²) in [7, 11) is 0. The van der Waals surface area contributed by atoms with Crippen molar-refractivity contribution >= 4 is 11.9 Å². The van der Waals surface area contributed by atoms with Crippen molar-refractivity contribution in [3.63, 3.8) is 0 Å². The Hall–Kier alpha value is -1.90. The smallest absolute Gasteiger partial charge is 0.326 e. The lowest BCUT2D eigenvalue weighted by molar-refractivity contribution is -0.757. The molecular weight excluding hydrogens is 272 g/mol. The van der Waals surface area contributed by atoms with Crippen LogP contribution in [0, 0.1) is 10.1 Å². The third kappa shape index (κ3) is 10.1. The van der Waals surface area contributed by atoms with E-state index >= 15 is 0 Å². The maximum Gasteiger partial charge on any atom is 0.326 e. The second kappa shape index (κ2) is 8.31. The van der Waals surface area contributed by atoms with E-state index in [1.165, 1.54) is 0 Å². The lowest BCUT2D eigenvalue weighted by Crippen LogP contribution is -2.41. The highest BCUT2D eigenvalue weighted by Gasteiger charge is 2.23. The predicted molar refractivity (Wildman–Crippen MR) is 67.0 cm³/mol. The van der Waals surface area contributed by atoms with Crippen LogP contribution in [0.1, 0.15) is 33.6 Å². The Balaban J connectivity index is 3.83. The molecule has 0 aromatic carbocycles. The molecule has 116 valence electrons. The van der Waals surface area contributed by atoms with Crippen LogP contribution in [0.25, 0.3) is 0 Å². The molecule has 1 unspecified atom stereocenters. The van der Waals surface area contributed by atoms with Crippen LogP contribution in [0.5, 0.6) is 0 Å². The van der Waals surface area contributed by atoms with Gasteiger partial charge >= 0.3 is 11.9 Å². The van der Waals surface area contributed by atoms with Crippen LogP contribution in [0.4, 0.5) is 0 Å². The normalized spacial score (nSPS) is 12.4. The van der Waals surface area contributed by atoms with Crippen LogP contribution in [-0.2, 0) is 23.9 Å². The molecule has 0 aliphatic heterocycles. The number of carbonyl (C=O) groups is 2. The number of rotatable bonds is 8. The minimum atomic E-state index is -1.06. The fraction of sp³-hybridized carbons (Fsp3) is 0.818. The molecule has 0 radical (unpaired) electrons. The Morgan fingerprint density at radius 3 is 2.45 bits per heavy atom. The second-order valence-corrected chi connectivity index (χ2v) is 4.98. The van der Waals surface area contributed by atoms with Crippen molar-refractivity contribution < 1.29 is 29.0 Å². The van der Waals surface area contributed by atoms with E-state index in [2.05, 4.69) is 4.84 Å². The van der Waals surface area contributed by atoms with Gasteiger partial charge in [0.15, 0.2) is 0 Å². The third-order valence-corrected chi connectivity index (χ3v) is 1.86. The van der Waals surface area contributed by atoms with Crippen LogP contribution < -0.4 is 5.73 Å². The molecule has 0 heterocycles. The van der Waals surface area contributed by atoms with Crippen LogP contribution >= 0.6 is 0 Å². The lowest BCUT2D eigenvalue weighted by atomic mass is 10.2. The van der Waals surface area contributed by atoms with Gasteiger partial charge in [0.05, 0.1) is 6.61 Å². The molecular formula is C11H20N2O7. The second-order valence-electron chi connectivity index (χ2n) is 4.98.